The number of aliphatic hydroxyl groups excluding tert-OH is 1. The van der Waals surface area contributed by atoms with Gasteiger partial charge in [-0.2, -0.15) is 0 Å². The summed E-state index contributed by atoms with van der Waals surface area (Å²) in [5.74, 6) is -0.578. The minimum Gasteiger partial charge on any atom is -0.396 e. The molecule has 1 unspecified atom stereocenters. The first kappa shape index (κ1) is 15.2. The third-order valence-electron chi connectivity index (χ3n) is 2.83. The molecule has 1 aromatic heterocycles. The van der Waals surface area contributed by atoms with Crippen molar-refractivity contribution in [2.24, 2.45) is 5.41 Å². The fraction of sp³-hybridized carbons (Fsp3) is 0.583. The molecular weight excluding hydrogens is 250 g/mol. The van der Waals surface area contributed by atoms with Crippen LogP contribution in [0.25, 0.3) is 0 Å². The van der Waals surface area contributed by atoms with Gasteiger partial charge in [0.15, 0.2) is 0 Å². The predicted octanol–water partition coefficient (Wildman–Crippen LogP) is -0.410. The van der Waals surface area contributed by atoms with Gasteiger partial charge in [-0.05, 0) is 11.8 Å². The molecule has 1 heterocycles. The van der Waals surface area contributed by atoms with E-state index in [0.29, 0.717) is 6.42 Å². The van der Waals surface area contributed by atoms with Crippen molar-refractivity contribution in [1.82, 2.24) is 15.3 Å². The van der Waals surface area contributed by atoms with Crippen molar-refractivity contribution in [2.75, 3.05) is 6.61 Å². The Morgan fingerprint density at radius 2 is 2.05 bits per heavy atom. The Labute approximate surface area is 110 Å². The van der Waals surface area contributed by atoms with Gasteiger partial charge >= 0.3 is 5.69 Å². The maximum atomic E-state index is 12.0. The van der Waals surface area contributed by atoms with Crippen molar-refractivity contribution in [2.45, 2.75) is 33.2 Å². The molecule has 0 saturated carbocycles. The van der Waals surface area contributed by atoms with Crippen LogP contribution in [-0.2, 0) is 0 Å². The first-order valence-electron chi connectivity index (χ1n) is 5.99. The van der Waals surface area contributed by atoms with E-state index in [1.54, 1.807) is 0 Å². The molecule has 1 aromatic rings. The van der Waals surface area contributed by atoms with Gasteiger partial charge in [-0.3, -0.25) is 14.6 Å². The lowest BCUT2D eigenvalue weighted by molar-refractivity contribution is 0.0883. The molecule has 0 aliphatic heterocycles. The third-order valence-corrected chi connectivity index (χ3v) is 2.83. The Morgan fingerprint density at radius 3 is 2.53 bits per heavy atom. The van der Waals surface area contributed by atoms with Gasteiger partial charge in [-0.15, -0.1) is 0 Å². The van der Waals surface area contributed by atoms with E-state index in [1.165, 1.54) is 0 Å². The molecule has 0 aliphatic carbocycles. The van der Waals surface area contributed by atoms with E-state index in [-0.39, 0.29) is 23.6 Å². The van der Waals surface area contributed by atoms with Crippen LogP contribution in [-0.4, -0.2) is 33.6 Å². The van der Waals surface area contributed by atoms with E-state index in [4.69, 9.17) is 5.11 Å². The van der Waals surface area contributed by atoms with Crippen molar-refractivity contribution < 1.29 is 9.90 Å². The maximum absolute atomic E-state index is 12.0. The van der Waals surface area contributed by atoms with Gasteiger partial charge in [0, 0.05) is 18.8 Å². The predicted molar refractivity (Wildman–Crippen MR) is 70.1 cm³/mol. The number of carbonyl (C=O) groups is 1. The van der Waals surface area contributed by atoms with Crippen LogP contribution in [0.5, 0.6) is 0 Å². The van der Waals surface area contributed by atoms with Crippen molar-refractivity contribution in [3.05, 3.63) is 32.6 Å². The lowest BCUT2D eigenvalue weighted by Crippen LogP contribution is -2.46. The van der Waals surface area contributed by atoms with Crippen LogP contribution in [0, 0.1) is 5.41 Å². The topological polar surface area (TPSA) is 115 Å². The van der Waals surface area contributed by atoms with Crippen LogP contribution in [0.1, 0.15) is 37.6 Å². The van der Waals surface area contributed by atoms with Crippen LogP contribution in [0.3, 0.4) is 0 Å². The third kappa shape index (κ3) is 4.06. The molecular formula is C12H19N3O4. The van der Waals surface area contributed by atoms with Crippen molar-refractivity contribution in [3.8, 4) is 0 Å². The Hall–Kier alpha value is -1.89. The van der Waals surface area contributed by atoms with Gasteiger partial charge in [-0.25, -0.2) is 4.79 Å². The van der Waals surface area contributed by atoms with Crippen LogP contribution in [0.2, 0.25) is 0 Å². The SMILES string of the molecule is CC(C)(C)C(CCO)NC(=O)c1c[nH]c(=O)[nH]c1=O. The van der Waals surface area contributed by atoms with Gasteiger partial charge in [0.05, 0.1) is 0 Å². The largest absolute Gasteiger partial charge is 0.396 e. The minimum absolute atomic E-state index is 0.0653. The van der Waals surface area contributed by atoms with E-state index >= 15 is 0 Å². The van der Waals surface area contributed by atoms with Gasteiger partial charge in [-0.1, -0.05) is 20.8 Å². The fourth-order valence-electron chi connectivity index (χ4n) is 1.67. The smallest absolute Gasteiger partial charge is 0.325 e. The molecule has 0 aromatic carbocycles. The Kier molecular flexibility index (Phi) is 4.66. The number of rotatable bonds is 4. The molecule has 0 saturated heterocycles. The molecule has 0 radical (unpaired) electrons. The number of H-pyrrole nitrogens is 2. The standard InChI is InChI=1S/C12H19N3O4/c1-12(2,3)8(4-5-16)14-9(17)7-6-13-11(19)15-10(7)18/h6,8,16H,4-5H2,1-3H3,(H,14,17)(H2,13,15,18,19). The molecule has 106 valence electrons. The Balaban J connectivity index is 2.94. The monoisotopic (exact) mass is 269 g/mol. The molecule has 7 nitrogen and oxygen atoms in total. The lowest BCUT2D eigenvalue weighted by Gasteiger charge is -2.31. The molecule has 1 atom stereocenters. The van der Waals surface area contributed by atoms with Crippen molar-refractivity contribution in [3.63, 3.8) is 0 Å². The summed E-state index contributed by atoms with van der Waals surface area (Å²) >= 11 is 0. The van der Waals surface area contributed by atoms with Crippen LogP contribution >= 0.6 is 0 Å². The summed E-state index contributed by atoms with van der Waals surface area (Å²) in [6.45, 7) is 5.70. The van der Waals surface area contributed by atoms with Crippen LogP contribution < -0.4 is 16.6 Å². The number of hydrogen-bond acceptors (Lipinski definition) is 4. The molecule has 0 bridgehead atoms. The molecule has 1 amide bonds. The van der Waals surface area contributed by atoms with Gasteiger partial charge in [0.25, 0.3) is 11.5 Å². The second-order valence-electron chi connectivity index (χ2n) is 5.39. The molecule has 0 aliphatic rings. The summed E-state index contributed by atoms with van der Waals surface area (Å²) in [5.41, 5.74) is -1.82. The van der Waals surface area contributed by atoms with Crippen LogP contribution in [0.4, 0.5) is 0 Å². The van der Waals surface area contributed by atoms with E-state index in [1.807, 2.05) is 25.8 Å². The average Bonchev–Trinajstić information content (AvgIpc) is 2.26. The molecule has 1 rings (SSSR count). The molecule has 0 fully saturated rings. The quantitative estimate of drug-likeness (QED) is 0.594. The van der Waals surface area contributed by atoms with Gasteiger partial charge in [0.1, 0.15) is 5.56 Å². The van der Waals surface area contributed by atoms with Crippen molar-refractivity contribution in [1.29, 1.82) is 0 Å². The summed E-state index contributed by atoms with van der Waals surface area (Å²) in [6, 6.07) is -0.281. The summed E-state index contributed by atoms with van der Waals surface area (Å²) in [4.78, 5) is 38.6. The zero-order chi connectivity index (χ0) is 14.6. The van der Waals surface area contributed by atoms with Gasteiger partial charge in [0.2, 0.25) is 0 Å². The van der Waals surface area contributed by atoms with E-state index in [2.05, 4.69) is 10.3 Å². The minimum atomic E-state index is -0.738. The number of aromatic nitrogens is 2. The second-order valence-corrected chi connectivity index (χ2v) is 5.39. The fourth-order valence-corrected chi connectivity index (χ4v) is 1.67. The summed E-state index contributed by atoms with van der Waals surface area (Å²) in [6.07, 6.45) is 1.46. The summed E-state index contributed by atoms with van der Waals surface area (Å²) in [7, 11) is 0. The summed E-state index contributed by atoms with van der Waals surface area (Å²) in [5, 5.41) is 11.7. The van der Waals surface area contributed by atoms with E-state index < -0.39 is 17.2 Å². The average molecular weight is 269 g/mol. The maximum Gasteiger partial charge on any atom is 0.325 e. The number of aliphatic hydroxyl groups is 1. The second kappa shape index (κ2) is 5.83. The van der Waals surface area contributed by atoms with Crippen molar-refractivity contribution >= 4 is 5.91 Å². The number of aromatic amines is 2. The number of nitrogens with one attached hydrogen (secondary N) is 3. The highest BCUT2D eigenvalue weighted by Gasteiger charge is 2.26. The zero-order valence-electron chi connectivity index (χ0n) is 11.2. The van der Waals surface area contributed by atoms with E-state index in [0.717, 1.165) is 6.20 Å². The Bertz CT molecular complexity index is 553. The number of carbonyl (C=O) groups excluding carboxylic acids is 1. The highest BCUT2D eigenvalue weighted by Crippen LogP contribution is 2.21. The zero-order valence-corrected chi connectivity index (χ0v) is 11.2. The first-order chi connectivity index (χ1) is 8.75. The molecule has 0 spiro atoms. The van der Waals surface area contributed by atoms with Crippen LogP contribution in [0.15, 0.2) is 15.8 Å². The highest BCUT2D eigenvalue weighted by molar-refractivity contribution is 5.93. The Morgan fingerprint density at radius 1 is 1.42 bits per heavy atom. The first-order valence-corrected chi connectivity index (χ1v) is 5.99. The number of amides is 1. The highest BCUT2D eigenvalue weighted by atomic mass is 16.3. The molecule has 4 N–H and O–H groups in total. The lowest BCUT2D eigenvalue weighted by atomic mass is 9.85. The molecule has 7 heteroatoms. The number of hydrogen-bond donors (Lipinski definition) is 4. The van der Waals surface area contributed by atoms with E-state index in [9.17, 15) is 14.4 Å². The van der Waals surface area contributed by atoms with Gasteiger partial charge < -0.3 is 15.4 Å². The molecule has 19 heavy (non-hydrogen) atoms. The normalized spacial score (nSPS) is 13.1. The summed E-state index contributed by atoms with van der Waals surface area (Å²) < 4.78 is 0.